The summed E-state index contributed by atoms with van der Waals surface area (Å²) < 4.78 is 5.86. The highest BCUT2D eigenvalue weighted by Crippen LogP contribution is 2.24. The SMILES string of the molecule is CNCc1nc(COc2cccc3cccnc23)cs1. The fourth-order valence-corrected chi connectivity index (χ4v) is 2.78. The van der Waals surface area contributed by atoms with Gasteiger partial charge in [0.05, 0.1) is 5.69 Å². The van der Waals surface area contributed by atoms with Gasteiger partial charge in [0.1, 0.15) is 22.9 Å². The largest absolute Gasteiger partial charge is 0.485 e. The zero-order valence-electron chi connectivity index (χ0n) is 11.2. The van der Waals surface area contributed by atoms with Crippen molar-refractivity contribution in [2.24, 2.45) is 0 Å². The molecule has 0 unspecified atom stereocenters. The van der Waals surface area contributed by atoms with Gasteiger partial charge in [-0.15, -0.1) is 11.3 Å². The minimum atomic E-state index is 0.468. The van der Waals surface area contributed by atoms with E-state index in [9.17, 15) is 0 Å². The number of hydrogen-bond donors (Lipinski definition) is 1. The molecule has 0 fully saturated rings. The average Bonchev–Trinajstić information content (AvgIpc) is 2.93. The molecule has 0 spiro atoms. The number of fused-ring (bicyclic) bond motifs is 1. The standard InChI is InChI=1S/C15H15N3OS/c1-16-8-14-18-12(10-20-14)9-19-13-6-2-4-11-5-3-7-17-15(11)13/h2-7,10,16H,8-9H2,1H3. The van der Waals surface area contributed by atoms with Crippen LogP contribution in [0.1, 0.15) is 10.7 Å². The van der Waals surface area contributed by atoms with E-state index in [0.717, 1.165) is 33.9 Å². The summed E-state index contributed by atoms with van der Waals surface area (Å²) in [5.41, 5.74) is 1.84. The number of pyridine rings is 1. The topological polar surface area (TPSA) is 47.0 Å². The highest BCUT2D eigenvalue weighted by atomic mass is 32.1. The highest BCUT2D eigenvalue weighted by Gasteiger charge is 2.05. The van der Waals surface area contributed by atoms with Gasteiger partial charge in [0.2, 0.25) is 0 Å². The van der Waals surface area contributed by atoms with Gasteiger partial charge >= 0.3 is 0 Å². The lowest BCUT2D eigenvalue weighted by molar-refractivity contribution is 0.305. The van der Waals surface area contributed by atoms with Crippen LogP contribution in [0, 0.1) is 0 Å². The maximum absolute atomic E-state index is 5.86. The number of para-hydroxylation sites is 1. The molecule has 0 amide bonds. The van der Waals surface area contributed by atoms with Gasteiger partial charge in [-0.1, -0.05) is 18.2 Å². The fourth-order valence-electron chi connectivity index (χ4n) is 1.99. The van der Waals surface area contributed by atoms with Gasteiger partial charge in [-0.3, -0.25) is 4.98 Å². The van der Waals surface area contributed by atoms with Crippen LogP contribution in [0.15, 0.2) is 41.9 Å². The molecule has 3 rings (SSSR count). The Morgan fingerprint density at radius 2 is 2.15 bits per heavy atom. The van der Waals surface area contributed by atoms with Crippen LogP contribution in [0.5, 0.6) is 5.75 Å². The van der Waals surface area contributed by atoms with Crippen molar-refractivity contribution in [3.8, 4) is 5.75 Å². The van der Waals surface area contributed by atoms with E-state index >= 15 is 0 Å². The lowest BCUT2D eigenvalue weighted by Crippen LogP contribution is -2.05. The third kappa shape index (κ3) is 2.79. The average molecular weight is 285 g/mol. The molecule has 1 N–H and O–H groups in total. The first-order valence-corrected chi connectivity index (χ1v) is 7.29. The van der Waals surface area contributed by atoms with Crippen LogP contribution in [-0.2, 0) is 13.2 Å². The minimum Gasteiger partial charge on any atom is -0.485 e. The summed E-state index contributed by atoms with van der Waals surface area (Å²) in [6, 6.07) is 9.91. The Kier molecular flexibility index (Phi) is 3.90. The van der Waals surface area contributed by atoms with Crippen molar-refractivity contribution in [3.05, 3.63) is 52.6 Å². The first kappa shape index (κ1) is 13.0. The summed E-state index contributed by atoms with van der Waals surface area (Å²) in [5.74, 6) is 0.797. The van der Waals surface area contributed by atoms with Crippen molar-refractivity contribution < 1.29 is 4.74 Å². The summed E-state index contributed by atoms with van der Waals surface area (Å²) >= 11 is 1.64. The lowest BCUT2D eigenvalue weighted by Gasteiger charge is -2.06. The molecular formula is C15H15N3OS. The lowest BCUT2D eigenvalue weighted by atomic mass is 10.2. The summed E-state index contributed by atoms with van der Waals surface area (Å²) in [4.78, 5) is 8.88. The first-order valence-electron chi connectivity index (χ1n) is 6.41. The first-order chi connectivity index (χ1) is 9.86. The van der Waals surface area contributed by atoms with Crippen LogP contribution in [-0.4, -0.2) is 17.0 Å². The zero-order chi connectivity index (χ0) is 13.8. The highest BCUT2D eigenvalue weighted by molar-refractivity contribution is 7.09. The maximum atomic E-state index is 5.86. The number of nitrogens with zero attached hydrogens (tertiary/aromatic N) is 2. The van der Waals surface area contributed by atoms with Crippen molar-refractivity contribution in [3.63, 3.8) is 0 Å². The number of aromatic nitrogens is 2. The molecule has 0 saturated heterocycles. The van der Waals surface area contributed by atoms with E-state index in [1.165, 1.54) is 0 Å². The van der Waals surface area contributed by atoms with Crippen LogP contribution < -0.4 is 10.1 Å². The summed E-state index contributed by atoms with van der Waals surface area (Å²) in [5, 5.41) is 7.28. The van der Waals surface area contributed by atoms with E-state index < -0.39 is 0 Å². The van der Waals surface area contributed by atoms with Gasteiger partial charge < -0.3 is 10.1 Å². The third-order valence-electron chi connectivity index (χ3n) is 2.90. The van der Waals surface area contributed by atoms with E-state index in [2.05, 4.69) is 15.3 Å². The second-order valence-electron chi connectivity index (χ2n) is 4.38. The molecule has 20 heavy (non-hydrogen) atoms. The Hall–Kier alpha value is -1.98. The molecule has 3 aromatic rings. The molecule has 0 bridgehead atoms. The molecule has 0 aliphatic heterocycles. The zero-order valence-corrected chi connectivity index (χ0v) is 12.0. The number of nitrogens with one attached hydrogen (secondary N) is 1. The molecule has 2 aromatic heterocycles. The molecular weight excluding hydrogens is 270 g/mol. The van der Waals surface area contributed by atoms with Gasteiger partial charge in [-0.05, 0) is 19.2 Å². The monoisotopic (exact) mass is 285 g/mol. The molecule has 0 atom stereocenters. The van der Waals surface area contributed by atoms with Gasteiger partial charge in [-0.2, -0.15) is 0 Å². The normalized spacial score (nSPS) is 10.8. The number of rotatable bonds is 5. The summed E-state index contributed by atoms with van der Waals surface area (Å²) in [7, 11) is 1.92. The predicted octanol–water partition coefficient (Wildman–Crippen LogP) is 2.99. The van der Waals surface area contributed by atoms with Gasteiger partial charge in [0, 0.05) is 23.5 Å². The number of benzene rings is 1. The van der Waals surface area contributed by atoms with Crippen molar-refractivity contribution >= 4 is 22.2 Å². The number of hydrogen-bond acceptors (Lipinski definition) is 5. The van der Waals surface area contributed by atoms with Crippen molar-refractivity contribution in [1.29, 1.82) is 0 Å². The molecule has 2 heterocycles. The molecule has 102 valence electrons. The fraction of sp³-hybridized carbons (Fsp3) is 0.200. The predicted molar refractivity (Wildman–Crippen MR) is 81.0 cm³/mol. The van der Waals surface area contributed by atoms with E-state index in [0.29, 0.717) is 6.61 Å². The Morgan fingerprint density at radius 3 is 3.05 bits per heavy atom. The van der Waals surface area contributed by atoms with E-state index in [1.54, 1.807) is 17.5 Å². The molecule has 0 radical (unpaired) electrons. The number of ether oxygens (including phenoxy) is 1. The molecule has 1 aromatic carbocycles. The third-order valence-corrected chi connectivity index (χ3v) is 3.80. The summed E-state index contributed by atoms with van der Waals surface area (Å²) in [6.07, 6.45) is 1.78. The summed E-state index contributed by atoms with van der Waals surface area (Å²) in [6.45, 7) is 1.26. The molecule has 0 aliphatic rings. The Morgan fingerprint density at radius 1 is 1.25 bits per heavy atom. The maximum Gasteiger partial charge on any atom is 0.146 e. The van der Waals surface area contributed by atoms with Crippen LogP contribution in [0.4, 0.5) is 0 Å². The van der Waals surface area contributed by atoms with Crippen LogP contribution in [0.2, 0.25) is 0 Å². The molecule has 5 heteroatoms. The second-order valence-corrected chi connectivity index (χ2v) is 5.33. The van der Waals surface area contributed by atoms with Gasteiger partial charge in [0.15, 0.2) is 0 Å². The van der Waals surface area contributed by atoms with Crippen LogP contribution >= 0.6 is 11.3 Å². The van der Waals surface area contributed by atoms with Crippen LogP contribution in [0.25, 0.3) is 10.9 Å². The van der Waals surface area contributed by atoms with Crippen molar-refractivity contribution in [2.45, 2.75) is 13.2 Å². The second kappa shape index (κ2) is 5.98. The Balaban J connectivity index is 1.76. The Labute approximate surface area is 121 Å². The van der Waals surface area contributed by atoms with E-state index in [4.69, 9.17) is 4.74 Å². The van der Waals surface area contributed by atoms with Crippen LogP contribution in [0.3, 0.4) is 0 Å². The van der Waals surface area contributed by atoms with E-state index in [1.807, 2.05) is 42.8 Å². The molecule has 0 aliphatic carbocycles. The molecule has 4 nitrogen and oxygen atoms in total. The smallest absolute Gasteiger partial charge is 0.146 e. The Bertz CT molecular complexity index is 706. The number of thiazole rings is 1. The quantitative estimate of drug-likeness (QED) is 0.783. The van der Waals surface area contributed by atoms with Crippen molar-refractivity contribution in [1.82, 2.24) is 15.3 Å². The van der Waals surface area contributed by atoms with E-state index in [-0.39, 0.29) is 0 Å². The van der Waals surface area contributed by atoms with Gasteiger partial charge in [-0.25, -0.2) is 4.98 Å². The van der Waals surface area contributed by atoms with Gasteiger partial charge in [0.25, 0.3) is 0 Å². The minimum absolute atomic E-state index is 0.468. The molecule has 0 saturated carbocycles. The van der Waals surface area contributed by atoms with Crippen molar-refractivity contribution in [2.75, 3.05) is 7.05 Å².